The Morgan fingerprint density at radius 1 is 0.443 bits per heavy atom. The summed E-state index contributed by atoms with van der Waals surface area (Å²) in [6.45, 7) is 21.4. The molecule has 61 heavy (non-hydrogen) atoms. The normalized spacial score (nSPS) is 11.6. The van der Waals surface area contributed by atoms with Gasteiger partial charge in [-0.3, -0.25) is 0 Å². The molecule has 0 radical (unpaired) electrons. The molecule has 7 rings (SSSR count). The topological polar surface area (TPSA) is 59.0 Å². The van der Waals surface area contributed by atoms with Crippen molar-refractivity contribution in [1.29, 1.82) is 0 Å². The molecule has 1 heterocycles. The van der Waals surface area contributed by atoms with E-state index in [1.807, 2.05) is 91.0 Å². The standard InChI is InChI=1S/C43H49NO2.2C7H7.Zr/c1-26(2)42(7,8)36-24-28(5)22-34(40(36)45)30-16-11-13-18-32(30)38-20-15-21-39(44-38)33-19-14-12-17-31(33)35-23-29(6)25-37(41(35)46)43(9,10)27(3)4;2*1-7-5-3-2-4-6-7;/h11-27,45-46H,1-10H3;2*2-6H,1H2;/q;;;+2/p-2. The minimum absolute atomic E-state index is 0.0702. The van der Waals surface area contributed by atoms with Crippen molar-refractivity contribution in [3.8, 4) is 56.3 Å². The van der Waals surface area contributed by atoms with Crippen LogP contribution in [0.25, 0.3) is 44.8 Å². The molecule has 0 saturated heterocycles. The van der Waals surface area contributed by atoms with E-state index in [0.29, 0.717) is 23.0 Å². The maximum absolute atomic E-state index is 14.1. The van der Waals surface area contributed by atoms with Crippen LogP contribution in [0.4, 0.5) is 0 Å². The summed E-state index contributed by atoms with van der Waals surface area (Å²) < 4.78 is 2.69. The first-order valence-corrected chi connectivity index (χ1v) is 25.2. The van der Waals surface area contributed by atoms with E-state index in [0.717, 1.165) is 55.9 Å². The second kappa shape index (κ2) is 19.8. The molecule has 0 aliphatic heterocycles. The SMILES string of the molecule is Cc1cc(-c2ccccc2-c2cccc(-c3ccccc3-c3cc(C)cc(C(C)(C)C(C)C)c3[O-])n2)c([O-])c(C(C)(C)C(C)C)c1.c1ccc([CH2][Zr+2][CH2]c2ccccc2)cc1. The van der Waals surface area contributed by atoms with E-state index in [1.165, 1.54) is 19.4 Å². The fourth-order valence-electron chi connectivity index (χ4n) is 7.69. The number of hydrogen-bond donors (Lipinski definition) is 0. The first-order valence-electron chi connectivity index (χ1n) is 21.7. The zero-order valence-corrected chi connectivity index (χ0v) is 40.2. The van der Waals surface area contributed by atoms with Gasteiger partial charge in [0.2, 0.25) is 0 Å². The van der Waals surface area contributed by atoms with Crippen LogP contribution in [0.3, 0.4) is 0 Å². The van der Waals surface area contributed by atoms with Crippen LogP contribution in [0.1, 0.15) is 88.8 Å². The third kappa shape index (κ3) is 10.5. The van der Waals surface area contributed by atoms with Gasteiger partial charge in [0.1, 0.15) is 0 Å². The monoisotopic (exact) mass is 881 g/mol. The van der Waals surface area contributed by atoms with Gasteiger partial charge < -0.3 is 10.2 Å². The van der Waals surface area contributed by atoms with E-state index in [1.54, 1.807) is 0 Å². The number of rotatable bonds is 12. The van der Waals surface area contributed by atoms with Gasteiger partial charge in [-0.15, -0.1) is 0 Å². The molecule has 0 bridgehead atoms. The van der Waals surface area contributed by atoms with E-state index in [2.05, 4.69) is 130 Å². The molecule has 3 nitrogen and oxygen atoms in total. The van der Waals surface area contributed by atoms with Crippen molar-refractivity contribution in [3.05, 3.63) is 185 Å². The van der Waals surface area contributed by atoms with Crippen LogP contribution >= 0.6 is 0 Å². The number of pyridine rings is 1. The summed E-state index contributed by atoms with van der Waals surface area (Å²) in [6.07, 6.45) is 0. The van der Waals surface area contributed by atoms with Crippen LogP contribution < -0.4 is 10.2 Å². The molecule has 6 aromatic carbocycles. The average Bonchev–Trinajstić information content (AvgIpc) is 3.26. The number of hydrogen-bond acceptors (Lipinski definition) is 3. The van der Waals surface area contributed by atoms with Crippen LogP contribution in [0.2, 0.25) is 0 Å². The summed E-state index contributed by atoms with van der Waals surface area (Å²) in [5, 5.41) is 28.2. The molecule has 0 aliphatic rings. The van der Waals surface area contributed by atoms with Gasteiger partial charge in [-0.2, -0.15) is 0 Å². The fraction of sp³-hybridized carbons (Fsp3) is 0.281. The zero-order valence-electron chi connectivity index (χ0n) is 37.8. The van der Waals surface area contributed by atoms with Crippen molar-refractivity contribution >= 4 is 0 Å². The van der Waals surface area contributed by atoms with E-state index < -0.39 is 0 Å². The minimum atomic E-state index is -0.269. The fourth-order valence-corrected chi connectivity index (χ4v) is 10.6. The van der Waals surface area contributed by atoms with E-state index in [9.17, 15) is 10.2 Å². The summed E-state index contributed by atoms with van der Waals surface area (Å²) >= 11 is -0.258. The van der Waals surface area contributed by atoms with Gasteiger partial charge in [0, 0.05) is 11.1 Å². The molecule has 0 spiro atoms. The van der Waals surface area contributed by atoms with Crippen molar-refractivity contribution in [2.45, 2.75) is 88.3 Å². The Balaban J connectivity index is 0.000000347. The van der Waals surface area contributed by atoms with Gasteiger partial charge >= 0.3 is 103 Å². The maximum atomic E-state index is 14.1. The third-order valence-corrected chi connectivity index (χ3v) is 16.1. The summed E-state index contributed by atoms with van der Waals surface area (Å²) in [5.41, 5.74) is 12.8. The van der Waals surface area contributed by atoms with Crippen LogP contribution in [-0.4, -0.2) is 4.98 Å². The van der Waals surface area contributed by atoms with Crippen molar-refractivity contribution in [2.24, 2.45) is 11.8 Å². The molecule has 0 amide bonds. The molecule has 0 atom stereocenters. The summed E-state index contributed by atoms with van der Waals surface area (Å²) in [6, 6.07) is 51.9. The predicted molar refractivity (Wildman–Crippen MR) is 250 cm³/mol. The molecule has 310 valence electrons. The Kier molecular flexibility index (Phi) is 14.7. The molecule has 7 aromatic rings. The van der Waals surface area contributed by atoms with Crippen molar-refractivity contribution in [3.63, 3.8) is 0 Å². The molecule has 0 aliphatic carbocycles. The van der Waals surface area contributed by atoms with Gasteiger partial charge in [-0.05, 0) is 82.0 Å². The number of aromatic nitrogens is 1. The zero-order chi connectivity index (χ0) is 43.9. The molecule has 0 fully saturated rings. The Morgan fingerprint density at radius 3 is 1.15 bits per heavy atom. The van der Waals surface area contributed by atoms with Crippen LogP contribution in [0.15, 0.2) is 152 Å². The third-order valence-electron chi connectivity index (χ3n) is 12.8. The second-order valence-corrected chi connectivity index (χ2v) is 21.2. The number of aryl methyl sites for hydroxylation is 2. The molecule has 0 N–H and O–H groups in total. The van der Waals surface area contributed by atoms with Crippen molar-refractivity contribution in [1.82, 2.24) is 4.98 Å². The van der Waals surface area contributed by atoms with Gasteiger partial charge in [0.25, 0.3) is 0 Å². The molecule has 0 unspecified atom stereocenters. The molecule has 1 aromatic heterocycles. The first kappa shape index (κ1) is 45.5. The van der Waals surface area contributed by atoms with E-state index in [4.69, 9.17) is 4.98 Å². The predicted octanol–water partition coefficient (Wildman–Crippen LogP) is 13.9. The Bertz CT molecular complexity index is 2380. The Labute approximate surface area is 377 Å². The first-order chi connectivity index (χ1) is 29.1. The Morgan fingerprint density at radius 2 is 0.787 bits per heavy atom. The van der Waals surface area contributed by atoms with Gasteiger partial charge in [-0.1, -0.05) is 157 Å². The van der Waals surface area contributed by atoms with Crippen LogP contribution in [0.5, 0.6) is 11.5 Å². The Hall–Kier alpha value is -5.05. The summed E-state index contributed by atoms with van der Waals surface area (Å²) in [7, 11) is 0. The van der Waals surface area contributed by atoms with E-state index >= 15 is 0 Å². The quantitative estimate of drug-likeness (QED) is 0.123. The van der Waals surface area contributed by atoms with Gasteiger partial charge in [0.05, 0.1) is 11.4 Å². The molecule has 4 heteroatoms. The second-order valence-electron chi connectivity index (χ2n) is 18.2. The molecular weight excluding hydrogens is 822 g/mol. The van der Waals surface area contributed by atoms with E-state index in [-0.39, 0.29) is 45.6 Å². The van der Waals surface area contributed by atoms with Crippen molar-refractivity contribution < 1.29 is 33.4 Å². The van der Waals surface area contributed by atoms with Crippen LogP contribution in [0, 0.1) is 25.7 Å². The average molecular weight is 883 g/mol. The van der Waals surface area contributed by atoms with Crippen molar-refractivity contribution in [2.75, 3.05) is 0 Å². The van der Waals surface area contributed by atoms with Crippen LogP contribution in [-0.2, 0) is 42.3 Å². The number of nitrogens with zero attached hydrogens (tertiary/aromatic N) is 1. The molecule has 0 saturated carbocycles. The number of benzene rings is 6. The summed E-state index contributed by atoms with van der Waals surface area (Å²) in [5.74, 6) is 0.750. The van der Waals surface area contributed by atoms with Gasteiger partial charge in [0.15, 0.2) is 0 Å². The molecular formula is C57H61NO2Zr. The van der Waals surface area contributed by atoms with Gasteiger partial charge in [-0.25, -0.2) is 4.98 Å². The summed E-state index contributed by atoms with van der Waals surface area (Å²) in [4.78, 5) is 5.18.